The molecule has 84 valence electrons. The Hall–Kier alpha value is -0.730. The highest BCUT2D eigenvalue weighted by atomic mass is 35.5. The van der Waals surface area contributed by atoms with Crippen LogP contribution in [-0.2, 0) is 6.42 Å². The normalized spacial score (nSPS) is 19.7. The first kappa shape index (κ1) is 12.3. The van der Waals surface area contributed by atoms with E-state index in [2.05, 4.69) is 17.4 Å². The van der Waals surface area contributed by atoms with Crippen molar-refractivity contribution in [3.63, 3.8) is 0 Å². The van der Waals surface area contributed by atoms with Gasteiger partial charge < -0.3 is 10.1 Å². The minimum Gasteiger partial charge on any atom is -0.497 e. The van der Waals surface area contributed by atoms with Gasteiger partial charge in [0.15, 0.2) is 0 Å². The Balaban J connectivity index is 0.00000112. The van der Waals surface area contributed by atoms with E-state index in [9.17, 15) is 0 Å². The van der Waals surface area contributed by atoms with Crippen LogP contribution < -0.4 is 10.1 Å². The van der Waals surface area contributed by atoms with Crippen LogP contribution in [0.1, 0.15) is 12.0 Å². The van der Waals surface area contributed by atoms with Crippen LogP contribution in [0.2, 0.25) is 0 Å². The molecule has 0 spiro atoms. The molecule has 2 nitrogen and oxygen atoms in total. The van der Waals surface area contributed by atoms with E-state index in [1.807, 2.05) is 12.1 Å². The van der Waals surface area contributed by atoms with Crippen molar-refractivity contribution in [2.45, 2.75) is 12.8 Å². The van der Waals surface area contributed by atoms with Crippen molar-refractivity contribution in [3.8, 4) is 5.75 Å². The van der Waals surface area contributed by atoms with E-state index in [1.54, 1.807) is 7.11 Å². The molecule has 0 unspecified atom stereocenters. The first-order valence-electron chi connectivity index (χ1n) is 5.22. The standard InChI is InChI=1S/C12H17NO.ClH/c1-14-12-4-2-10(3-5-12)8-11-6-7-13-9-11;/h2-5,11,13H,6-9H2,1H3;1H/t11-;/m1./s1. The SMILES string of the molecule is COc1ccc(C[C@H]2CCNC2)cc1.Cl. The molecule has 0 aliphatic carbocycles. The number of hydrogen-bond acceptors (Lipinski definition) is 2. The van der Waals surface area contributed by atoms with Gasteiger partial charge in [-0.3, -0.25) is 0 Å². The molecule has 2 rings (SSSR count). The molecule has 15 heavy (non-hydrogen) atoms. The number of rotatable bonds is 3. The lowest BCUT2D eigenvalue weighted by Crippen LogP contribution is -2.10. The molecule has 1 aromatic rings. The number of methoxy groups -OCH3 is 1. The Kier molecular flexibility index (Phi) is 4.92. The van der Waals surface area contributed by atoms with E-state index in [0.717, 1.165) is 11.7 Å². The predicted octanol–water partition coefficient (Wildman–Crippen LogP) is 2.27. The lowest BCUT2D eigenvalue weighted by molar-refractivity contribution is 0.414. The molecule has 0 saturated carbocycles. The number of hydrogen-bond donors (Lipinski definition) is 1. The largest absolute Gasteiger partial charge is 0.497 e. The Morgan fingerprint density at radius 3 is 2.60 bits per heavy atom. The Morgan fingerprint density at radius 2 is 2.07 bits per heavy atom. The van der Waals surface area contributed by atoms with Crippen LogP contribution in [0.4, 0.5) is 0 Å². The van der Waals surface area contributed by atoms with Gasteiger partial charge in [-0.25, -0.2) is 0 Å². The number of nitrogens with one attached hydrogen (secondary N) is 1. The van der Waals surface area contributed by atoms with Gasteiger partial charge in [0.2, 0.25) is 0 Å². The topological polar surface area (TPSA) is 21.3 Å². The molecular formula is C12H18ClNO. The fourth-order valence-corrected chi connectivity index (χ4v) is 1.98. The molecule has 1 aliphatic rings. The molecule has 1 saturated heterocycles. The van der Waals surface area contributed by atoms with Crippen LogP contribution in [0.15, 0.2) is 24.3 Å². The van der Waals surface area contributed by atoms with Crippen LogP contribution >= 0.6 is 12.4 Å². The molecule has 1 fully saturated rings. The highest BCUT2D eigenvalue weighted by molar-refractivity contribution is 5.85. The average Bonchev–Trinajstić information content (AvgIpc) is 2.72. The highest BCUT2D eigenvalue weighted by Gasteiger charge is 2.14. The van der Waals surface area contributed by atoms with Crippen molar-refractivity contribution in [1.29, 1.82) is 0 Å². The molecule has 0 bridgehead atoms. The molecule has 1 aliphatic heterocycles. The zero-order valence-corrected chi connectivity index (χ0v) is 9.85. The summed E-state index contributed by atoms with van der Waals surface area (Å²) in [4.78, 5) is 0. The molecule has 1 atom stereocenters. The van der Waals surface area contributed by atoms with Gasteiger partial charge >= 0.3 is 0 Å². The van der Waals surface area contributed by atoms with Gasteiger partial charge in [-0.1, -0.05) is 12.1 Å². The van der Waals surface area contributed by atoms with Crippen molar-refractivity contribution < 1.29 is 4.74 Å². The maximum atomic E-state index is 5.13. The molecule has 1 aromatic carbocycles. The van der Waals surface area contributed by atoms with Gasteiger partial charge in [-0.05, 0) is 49.5 Å². The summed E-state index contributed by atoms with van der Waals surface area (Å²) >= 11 is 0. The summed E-state index contributed by atoms with van der Waals surface area (Å²) in [7, 11) is 1.70. The quantitative estimate of drug-likeness (QED) is 0.856. The summed E-state index contributed by atoms with van der Waals surface area (Å²) in [6.07, 6.45) is 2.50. The molecule has 0 radical (unpaired) electrons. The van der Waals surface area contributed by atoms with Gasteiger partial charge in [0.1, 0.15) is 5.75 Å². The van der Waals surface area contributed by atoms with Crippen LogP contribution in [0.5, 0.6) is 5.75 Å². The second-order valence-corrected chi connectivity index (χ2v) is 3.91. The van der Waals surface area contributed by atoms with Gasteiger partial charge in [-0.2, -0.15) is 0 Å². The van der Waals surface area contributed by atoms with Crippen LogP contribution in [0.25, 0.3) is 0 Å². The molecular weight excluding hydrogens is 210 g/mol. The molecule has 1 heterocycles. The van der Waals surface area contributed by atoms with Crippen molar-refractivity contribution >= 4 is 12.4 Å². The van der Waals surface area contributed by atoms with Gasteiger partial charge in [0.05, 0.1) is 7.11 Å². The van der Waals surface area contributed by atoms with Crippen molar-refractivity contribution in [1.82, 2.24) is 5.32 Å². The summed E-state index contributed by atoms with van der Waals surface area (Å²) in [6, 6.07) is 8.41. The van der Waals surface area contributed by atoms with E-state index in [0.29, 0.717) is 0 Å². The Bertz CT molecular complexity index is 280. The zero-order chi connectivity index (χ0) is 9.80. The van der Waals surface area contributed by atoms with Crippen LogP contribution in [0.3, 0.4) is 0 Å². The summed E-state index contributed by atoms with van der Waals surface area (Å²) in [5.41, 5.74) is 1.42. The first-order valence-corrected chi connectivity index (χ1v) is 5.22. The number of ether oxygens (including phenoxy) is 1. The lowest BCUT2D eigenvalue weighted by Gasteiger charge is -2.08. The third-order valence-electron chi connectivity index (χ3n) is 2.85. The van der Waals surface area contributed by atoms with Gasteiger partial charge in [0.25, 0.3) is 0 Å². The van der Waals surface area contributed by atoms with Crippen LogP contribution in [0, 0.1) is 5.92 Å². The third kappa shape index (κ3) is 3.40. The number of halogens is 1. The summed E-state index contributed by atoms with van der Waals surface area (Å²) in [5.74, 6) is 1.77. The minimum atomic E-state index is 0. The third-order valence-corrected chi connectivity index (χ3v) is 2.85. The molecule has 1 N–H and O–H groups in total. The lowest BCUT2D eigenvalue weighted by atomic mass is 9.99. The summed E-state index contributed by atoms with van der Waals surface area (Å²) in [5, 5.41) is 3.39. The molecule has 0 amide bonds. The highest BCUT2D eigenvalue weighted by Crippen LogP contribution is 2.17. The average molecular weight is 228 g/mol. The van der Waals surface area contributed by atoms with Crippen LogP contribution in [-0.4, -0.2) is 20.2 Å². The Morgan fingerprint density at radius 1 is 1.33 bits per heavy atom. The van der Waals surface area contributed by atoms with E-state index in [1.165, 1.54) is 31.5 Å². The molecule has 3 heteroatoms. The monoisotopic (exact) mass is 227 g/mol. The second-order valence-electron chi connectivity index (χ2n) is 3.91. The fourth-order valence-electron chi connectivity index (χ4n) is 1.98. The smallest absolute Gasteiger partial charge is 0.118 e. The van der Waals surface area contributed by atoms with E-state index < -0.39 is 0 Å². The van der Waals surface area contributed by atoms with Gasteiger partial charge in [-0.15, -0.1) is 12.4 Å². The summed E-state index contributed by atoms with van der Waals surface area (Å²) < 4.78 is 5.13. The summed E-state index contributed by atoms with van der Waals surface area (Å²) in [6.45, 7) is 2.35. The first-order chi connectivity index (χ1) is 6.88. The Labute approximate surface area is 97.4 Å². The van der Waals surface area contributed by atoms with Crippen molar-refractivity contribution in [2.24, 2.45) is 5.92 Å². The fraction of sp³-hybridized carbons (Fsp3) is 0.500. The van der Waals surface area contributed by atoms with E-state index in [4.69, 9.17) is 4.74 Å². The maximum absolute atomic E-state index is 5.13. The van der Waals surface area contributed by atoms with E-state index >= 15 is 0 Å². The van der Waals surface area contributed by atoms with Gasteiger partial charge in [0, 0.05) is 0 Å². The predicted molar refractivity (Wildman–Crippen MR) is 64.9 cm³/mol. The van der Waals surface area contributed by atoms with Crippen molar-refractivity contribution in [3.05, 3.63) is 29.8 Å². The van der Waals surface area contributed by atoms with E-state index in [-0.39, 0.29) is 12.4 Å². The molecule has 0 aromatic heterocycles. The minimum absolute atomic E-state index is 0. The second kappa shape index (κ2) is 5.99. The number of benzene rings is 1. The maximum Gasteiger partial charge on any atom is 0.118 e. The van der Waals surface area contributed by atoms with Crippen molar-refractivity contribution in [2.75, 3.05) is 20.2 Å². The zero-order valence-electron chi connectivity index (χ0n) is 9.03.